The van der Waals surface area contributed by atoms with Gasteiger partial charge in [0.2, 0.25) is 0 Å². The minimum atomic E-state index is -3.18. The summed E-state index contributed by atoms with van der Waals surface area (Å²) < 4.78 is 57.9. The van der Waals surface area contributed by atoms with E-state index in [2.05, 4.69) is 20.0 Å². The highest BCUT2D eigenvalue weighted by molar-refractivity contribution is 5.95. The summed E-state index contributed by atoms with van der Waals surface area (Å²) in [5.74, 6) is -1.27. The molecule has 0 spiro atoms. The number of aryl methyl sites for hydroxylation is 1. The molecule has 0 aromatic heterocycles. The van der Waals surface area contributed by atoms with Gasteiger partial charge in [0, 0.05) is 17.2 Å². The molecule has 27 heavy (non-hydrogen) atoms. The third-order valence-corrected chi connectivity index (χ3v) is 3.42. The number of nitrogens with one attached hydrogen (secondary N) is 1. The van der Waals surface area contributed by atoms with Crippen molar-refractivity contribution in [3.05, 3.63) is 59.2 Å². The molecule has 2 aromatic carbocycles. The van der Waals surface area contributed by atoms with E-state index in [4.69, 9.17) is 0 Å². The molecule has 0 aliphatic heterocycles. The Morgan fingerprint density at radius 3 is 2.33 bits per heavy atom. The fraction of sp³-hybridized carbons (Fsp3) is 0.222. The van der Waals surface area contributed by atoms with Crippen LogP contribution in [-0.2, 0) is 6.42 Å². The zero-order valence-corrected chi connectivity index (χ0v) is 14.2. The highest BCUT2D eigenvalue weighted by atomic mass is 19.3. The van der Waals surface area contributed by atoms with Gasteiger partial charge in [-0.3, -0.25) is 4.79 Å². The van der Waals surface area contributed by atoms with E-state index in [0.717, 1.165) is 30.3 Å². The number of halogens is 4. The number of benzene rings is 2. The van der Waals surface area contributed by atoms with Crippen molar-refractivity contribution in [3.8, 4) is 11.5 Å². The lowest BCUT2D eigenvalue weighted by molar-refractivity contribution is -0.0543. The van der Waals surface area contributed by atoms with Crippen LogP contribution in [0.5, 0.6) is 11.5 Å². The van der Waals surface area contributed by atoms with Gasteiger partial charge in [0.05, 0.1) is 6.21 Å². The van der Waals surface area contributed by atoms with E-state index in [1.165, 1.54) is 6.07 Å². The number of ether oxygens (including phenoxy) is 2. The number of hydrazone groups is 1. The third kappa shape index (κ3) is 6.28. The lowest BCUT2D eigenvalue weighted by Crippen LogP contribution is -2.17. The summed E-state index contributed by atoms with van der Waals surface area (Å²) in [7, 11) is 0. The summed E-state index contributed by atoms with van der Waals surface area (Å²) in [6.45, 7) is -4.30. The number of nitrogens with zero attached hydrogens (tertiary/aromatic N) is 1. The Morgan fingerprint density at radius 1 is 1.07 bits per heavy atom. The van der Waals surface area contributed by atoms with E-state index in [1.54, 1.807) is 24.3 Å². The molecule has 0 atom stereocenters. The summed E-state index contributed by atoms with van der Waals surface area (Å²) in [5, 5.41) is 3.68. The highest BCUT2D eigenvalue weighted by Crippen LogP contribution is 2.26. The average molecular weight is 384 g/mol. The van der Waals surface area contributed by atoms with Gasteiger partial charge in [-0.05, 0) is 36.2 Å². The molecule has 0 bridgehead atoms. The number of hydrogen-bond acceptors (Lipinski definition) is 4. The molecule has 0 heterocycles. The van der Waals surface area contributed by atoms with Gasteiger partial charge in [0.1, 0.15) is 11.5 Å². The van der Waals surface area contributed by atoms with Crippen molar-refractivity contribution in [2.24, 2.45) is 5.10 Å². The SMILES string of the molecule is CCc1ccc(C(=O)N/N=C\c2ccc(OC(F)F)cc2OC(F)F)cc1. The molecule has 2 aromatic rings. The van der Waals surface area contributed by atoms with E-state index in [0.29, 0.717) is 5.56 Å². The molecule has 0 saturated carbocycles. The van der Waals surface area contributed by atoms with Crippen LogP contribution in [-0.4, -0.2) is 25.3 Å². The maximum absolute atomic E-state index is 12.5. The van der Waals surface area contributed by atoms with Crippen molar-refractivity contribution in [2.45, 2.75) is 26.6 Å². The predicted molar refractivity (Wildman–Crippen MR) is 90.6 cm³/mol. The number of carbonyl (C=O) groups is 1. The van der Waals surface area contributed by atoms with Crippen LogP contribution in [0.1, 0.15) is 28.4 Å². The second-order valence-electron chi connectivity index (χ2n) is 5.21. The topological polar surface area (TPSA) is 59.9 Å². The van der Waals surface area contributed by atoms with Crippen molar-refractivity contribution in [2.75, 3.05) is 0 Å². The normalized spacial score (nSPS) is 11.2. The second-order valence-corrected chi connectivity index (χ2v) is 5.21. The first-order chi connectivity index (χ1) is 12.9. The molecular weight excluding hydrogens is 368 g/mol. The molecule has 0 fully saturated rings. The Kier molecular flexibility index (Phi) is 7.16. The van der Waals surface area contributed by atoms with Crippen LogP contribution < -0.4 is 14.9 Å². The molecule has 1 amide bonds. The summed E-state index contributed by atoms with van der Waals surface area (Å²) >= 11 is 0. The largest absolute Gasteiger partial charge is 0.435 e. The minimum Gasteiger partial charge on any atom is -0.435 e. The standard InChI is InChI=1S/C18H16F4N2O3/c1-2-11-3-5-12(6-4-11)16(25)24-23-10-13-7-8-14(26-17(19)20)9-15(13)27-18(21)22/h3-10,17-18H,2H2,1H3,(H,24,25)/b23-10-. The summed E-state index contributed by atoms with van der Waals surface area (Å²) in [6.07, 6.45) is 1.89. The quantitative estimate of drug-likeness (QED) is 0.421. The molecular formula is C18H16F4N2O3. The third-order valence-electron chi connectivity index (χ3n) is 3.42. The van der Waals surface area contributed by atoms with Crippen LogP contribution in [0.15, 0.2) is 47.6 Å². The first-order valence-electron chi connectivity index (χ1n) is 7.85. The first kappa shape index (κ1) is 20.2. The molecule has 0 aliphatic carbocycles. The molecule has 1 N–H and O–H groups in total. The van der Waals surface area contributed by atoms with Crippen LogP contribution in [0.4, 0.5) is 17.6 Å². The van der Waals surface area contributed by atoms with E-state index in [1.807, 2.05) is 6.92 Å². The van der Waals surface area contributed by atoms with Crippen molar-refractivity contribution >= 4 is 12.1 Å². The van der Waals surface area contributed by atoms with Gasteiger partial charge in [-0.25, -0.2) is 5.43 Å². The smallest absolute Gasteiger partial charge is 0.387 e. The van der Waals surface area contributed by atoms with Crippen molar-refractivity contribution in [1.82, 2.24) is 5.43 Å². The molecule has 5 nitrogen and oxygen atoms in total. The Balaban J connectivity index is 2.10. The molecule has 0 aliphatic rings. The Bertz CT molecular complexity index is 796. The molecule has 0 radical (unpaired) electrons. The Labute approximate surface area is 152 Å². The van der Waals surface area contributed by atoms with Crippen LogP contribution in [0.2, 0.25) is 0 Å². The van der Waals surface area contributed by atoms with Crippen LogP contribution in [0.3, 0.4) is 0 Å². The van der Waals surface area contributed by atoms with E-state index >= 15 is 0 Å². The molecule has 2 rings (SSSR count). The number of hydrogen-bond donors (Lipinski definition) is 1. The number of amides is 1. The maximum Gasteiger partial charge on any atom is 0.387 e. The molecule has 0 unspecified atom stereocenters. The fourth-order valence-electron chi connectivity index (χ4n) is 2.11. The molecule has 144 valence electrons. The number of alkyl halides is 4. The summed E-state index contributed by atoms with van der Waals surface area (Å²) in [6, 6.07) is 10.1. The average Bonchev–Trinajstić information content (AvgIpc) is 2.62. The molecule has 9 heteroatoms. The Hall–Kier alpha value is -3.10. The van der Waals surface area contributed by atoms with Crippen molar-refractivity contribution in [1.29, 1.82) is 0 Å². The zero-order chi connectivity index (χ0) is 19.8. The van der Waals surface area contributed by atoms with Crippen molar-refractivity contribution < 1.29 is 31.8 Å². The predicted octanol–water partition coefficient (Wildman–Crippen LogP) is 4.22. The van der Waals surface area contributed by atoms with E-state index < -0.39 is 24.9 Å². The second kappa shape index (κ2) is 9.56. The van der Waals surface area contributed by atoms with Crippen LogP contribution >= 0.6 is 0 Å². The molecule has 0 saturated heterocycles. The Morgan fingerprint density at radius 2 is 1.74 bits per heavy atom. The minimum absolute atomic E-state index is 0.0403. The van der Waals surface area contributed by atoms with Gasteiger partial charge in [-0.1, -0.05) is 19.1 Å². The number of carbonyl (C=O) groups excluding carboxylic acids is 1. The maximum atomic E-state index is 12.5. The van der Waals surface area contributed by atoms with E-state index in [-0.39, 0.29) is 11.3 Å². The van der Waals surface area contributed by atoms with Crippen LogP contribution in [0.25, 0.3) is 0 Å². The van der Waals surface area contributed by atoms with Gasteiger partial charge >= 0.3 is 13.2 Å². The summed E-state index contributed by atoms with van der Waals surface area (Å²) in [4.78, 5) is 12.0. The van der Waals surface area contributed by atoms with Crippen LogP contribution in [0, 0.1) is 0 Å². The fourth-order valence-corrected chi connectivity index (χ4v) is 2.11. The number of rotatable bonds is 8. The highest BCUT2D eigenvalue weighted by Gasteiger charge is 2.13. The van der Waals surface area contributed by atoms with Gasteiger partial charge in [0.15, 0.2) is 0 Å². The van der Waals surface area contributed by atoms with Crippen molar-refractivity contribution in [3.63, 3.8) is 0 Å². The summed E-state index contributed by atoms with van der Waals surface area (Å²) in [5.41, 5.74) is 3.72. The van der Waals surface area contributed by atoms with Gasteiger partial charge in [-0.2, -0.15) is 22.7 Å². The monoisotopic (exact) mass is 384 g/mol. The van der Waals surface area contributed by atoms with Gasteiger partial charge in [0.25, 0.3) is 5.91 Å². The lowest BCUT2D eigenvalue weighted by atomic mass is 10.1. The first-order valence-corrected chi connectivity index (χ1v) is 7.85. The van der Waals surface area contributed by atoms with Gasteiger partial charge < -0.3 is 9.47 Å². The zero-order valence-electron chi connectivity index (χ0n) is 14.2. The van der Waals surface area contributed by atoms with Gasteiger partial charge in [-0.15, -0.1) is 0 Å². The van der Waals surface area contributed by atoms with E-state index in [9.17, 15) is 22.4 Å². The lowest BCUT2D eigenvalue weighted by Gasteiger charge is -2.10.